The first-order valence-corrected chi connectivity index (χ1v) is 12.5. The number of rotatable bonds is 6. The van der Waals surface area contributed by atoms with Crippen molar-refractivity contribution in [3.63, 3.8) is 0 Å². The summed E-state index contributed by atoms with van der Waals surface area (Å²) < 4.78 is 27.0. The summed E-state index contributed by atoms with van der Waals surface area (Å²) in [7, 11) is -3.62. The maximum atomic E-state index is 12.8. The molecule has 8 nitrogen and oxygen atoms in total. The molecular formula is C23H29ClN4O4S. The number of nitrogens with one attached hydrogen (secondary N) is 2. The van der Waals surface area contributed by atoms with E-state index in [1.807, 2.05) is 26.8 Å². The molecule has 2 aromatic carbocycles. The van der Waals surface area contributed by atoms with E-state index in [0.717, 1.165) is 0 Å². The summed E-state index contributed by atoms with van der Waals surface area (Å²) in [6.07, 6.45) is 0. The number of carbonyl (C=O) groups is 2. The van der Waals surface area contributed by atoms with E-state index >= 15 is 0 Å². The molecular weight excluding hydrogens is 464 g/mol. The van der Waals surface area contributed by atoms with Crippen LogP contribution < -0.4 is 10.6 Å². The molecule has 1 saturated heterocycles. The Labute approximate surface area is 200 Å². The van der Waals surface area contributed by atoms with Crippen LogP contribution in [0.4, 0.5) is 11.4 Å². The van der Waals surface area contributed by atoms with Crippen LogP contribution in [-0.4, -0.2) is 62.2 Å². The van der Waals surface area contributed by atoms with Crippen LogP contribution >= 0.6 is 11.6 Å². The first-order valence-electron chi connectivity index (χ1n) is 10.7. The molecule has 1 fully saturated rings. The molecule has 0 spiro atoms. The maximum absolute atomic E-state index is 12.8. The van der Waals surface area contributed by atoms with Crippen molar-refractivity contribution in [1.82, 2.24) is 9.21 Å². The van der Waals surface area contributed by atoms with Crippen LogP contribution in [0.2, 0.25) is 5.02 Å². The van der Waals surface area contributed by atoms with Crippen molar-refractivity contribution < 1.29 is 18.0 Å². The van der Waals surface area contributed by atoms with Crippen LogP contribution in [-0.2, 0) is 19.6 Å². The summed E-state index contributed by atoms with van der Waals surface area (Å²) in [5.41, 5.74) is 0.843. The molecule has 1 aliphatic heterocycles. The van der Waals surface area contributed by atoms with Gasteiger partial charge in [0.2, 0.25) is 21.8 Å². The largest absolute Gasteiger partial charge is 0.376 e. The molecule has 33 heavy (non-hydrogen) atoms. The third-order valence-corrected chi connectivity index (χ3v) is 7.45. The van der Waals surface area contributed by atoms with Gasteiger partial charge in [-0.05, 0) is 42.5 Å². The lowest BCUT2D eigenvalue weighted by atomic mass is 9.95. The second-order valence-electron chi connectivity index (χ2n) is 8.88. The minimum Gasteiger partial charge on any atom is -0.376 e. The highest BCUT2D eigenvalue weighted by atomic mass is 35.5. The highest BCUT2D eigenvalue weighted by Crippen LogP contribution is 2.21. The average Bonchev–Trinajstić information content (AvgIpc) is 2.77. The van der Waals surface area contributed by atoms with Crippen LogP contribution in [0.25, 0.3) is 0 Å². The van der Waals surface area contributed by atoms with Crippen molar-refractivity contribution in [3.05, 3.63) is 53.6 Å². The number of hydrogen-bond donors (Lipinski definition) is 2. The van der Waals surface area contributed by atoms with Gasteiger partial charge in [0, 0.05) is 48.0 Å². The van der Waals surface area contributed by atoms with Crippen molar-refractivity contribution in [1.29, 1.82) is 0 Å². The Hall–Kier alpha value is -2.62. The molecule has 3 rings (SSSR count). The molecule has 0 radical (unpaired) electrons. The Morgan fingerprint density at radius 1 is 0.970 bits per heavy atom. The van der Waals surface area contributed by atoms with Gasteiger partial charge in [-0.25, -0.2) is 8.42 Å². The van der Waals surface area contributed by atoms with Gasteiger partial charge in [-0.1, -0.05) is 38.4 Å². The standard InChI is InChI=1S/C23H29ClN4O4S/c1-23(2,3)22(30)26-19-6-4-5-18(15-19)25-16-21(29)27-11-13-28(14-12-27)33(31,32)20-9-7-17(24)8-10-20/h4-10,15,25H,11-14,16H2,1-3H3,(H,26,30). The van der Waals surface area contributed by atoms with Gasteiger partial charge >= 0.3 is 0 Å². The first-order chi connectivity index (χ1) is 15.5. The first kappa shape index (κ1) is 25.0. The Bertz CT molecular complexity index is 1110. The fourth-order valence-corrected chi connectivity index (χ4v) is 4.80. The average molecular weight is 493 g/mol. The van der Waals surface area contributed by atoms with Gasteiger partial charge in [0.1, 0.15) is 0 Å². The molecule has 2 amide bonds. The van der Waals surface area contributed by atoms with Crippen molar-refractivity contribution in [2.75, 3.05) is 43.4 Å². The van der Waals surface area contributed by atoms with Gasteiger partial charge in [-0.15, -0.1) is 0 Å². The lowest BCUT2D eigenvalue weighted by Gasteiger charge is -2.34. The molecule has 0 aromatic heterocycles. The van der Waals surface area contributed by atoms with Gasteiger partial charge in [0.25, 0.3) is 0 Å². The summed E-state index contributed by atoms with van der Waals surface area (Å²) in [4.78, 5) is 26.6. The van der Waals surface area contributed by atoms with Crippen molar-refractivity contribution in [3.8, 4) is 0 Å². The molecule has 2 aromatic rings. The van der Waals surface area contributed by atoms with Gasteiger partial charge in [-0.3, -0.25) is 9.59 Å². The zero-order valence-electron chi connectivity index (χ0n) is 19.0. The van der Waals surface area contributed by atoms with E-state index in [2.05, 4.69) is 10.6 Å². The van der Waals surface area contributed by atoms with Gasteiger partial charge in [-0.2, -0.15) is 4.31 Å². The fraction of sp³-hybridized carbons (Fsp3) is 0.391. The van der Waals surface area contributed by atoms with E-state index in [-0.39, 0.29) is 36.3 Å². The Balaban J connectivity index is 1.52. The lowest BCUT2D eigenvalue weighted by Crippen LogP contribution is -2.51. The number of hydrogen-bond acceptors (Lipinski definition) is 5. The smallest absolute Gasteiger partial charge is 0.243 e. The Morgan fingerprint density at radius 2 is 1.58 bits per heavy atom. The molecule has 0 saturated carbocycles. The number of amides is 2. The summed E-state index contributed by atoms with van der Waals surface area (Å²) in [6.45, 7) is 6.66. The van der Waals surface area contributed by atoms with Crippen molar-refractivity contribution >= 4 is 44.8 Å². The molecule has 2 N–H and O–H groups in total. The third-order valence-electron chi connectivity index (χ3n) is 5.29. The Kier molecular flexibility index (Phi) is 7.66. The number of halogens is 1. The Morgan fingerprint density at radius 3 is 2.18 bits per heavy atom. The highest BCUT2D eigenvalue weighted by molar-refractivity contribution is 7.89. The SMILES string of the molecule is CC(C)(C)C(=O)Nc1cccc(NCC(=O)N2CCN(S(=O)(=O)c3ccc(Cl)cc3)CC2)c1. The fourth-order valence-electron chi connectivity index (χ4n) is 3.25. The molecule has 0 aliphatic carbocycles. The second kappa shape index (κ2) is 10.1. The van der Waals surface area contributed by atoms with E-state index in [9.17, 15) is 18.0 Å². The number of sulfonamides is 1. The summed E-state index contributed by atoms with van der Waals surface area (Å²) >= 11 is 5.85. The molecule has 1 heterocycles. The molecule has 0 atom stereocenters. The minimum atomic E-state index is -3.62. The van der Waals surface area contributed by atoms with E-state index in [0.29, 0.717) is 29.5 Å². The maximum Gasteiger partial charge on any atom is 0.243 e. The predicted molar refractivity (Wildman–Crippen MR) is 130 cm³/mol. The van der Waals surface area contributed by atoms with E-state index in [1.165, 1.54) is 16.4 Å². The summed E-state index contributed by atoms with van der Waals surface area (Å²) in [5.74, 6) is -0.218. The molecule has 10 heteroatoms. The number of anilines is 2. The van der Waals surface area contributed by atoms with Gasteiger partial charge < -0.3 is 15.5 Å². The van der Waals surface area contributed by atoms with Crippen LogP contribution in [0.3, 0.4) is 0 Å². The zero-order valence-corrected chi connectivity index (χ0v) is 20.5. The lowest BCUT2D eigenvalue weighted by molar-refractivity contribution is -0.130. The topological polar surface area (TPSA) is 98.8 Å². The third kappa shape index (κ3) is 6.46. The second-order valence-corrected chi connectivity index (χ2v) is 11.3. The normalized spacial score (nSPS) is 15.2. The quantitative estimate of drug-likeness (QED) is 0.644. The van der Waals surface area contributed by atoms with Gasteiger partial charge in [0.15, 0.2) is 0 Å². The number of nitrogens with zero attached hydrogens (tertiary/aromatic N) is 2. The number of carbonyl (C=O) groups excluding carboxylic acids is 2. The summed E-state index contributed by atoms with van der Waals surface area (Å²) in [6, 6.07) is 13.2. The zero-order chi connectivity index (χ0) is 24.2. The van der Waals surface area contributed by atoms with Crippen LogP contribution in [0.15, 0.2) is 53.4 Å². The van der Waals surface area contributed by atoms with E-state index in [1.54, 1.807) is 35.2 Å². The van der Waals surface area contributed by atoms with Crippen LogP contribution in [0, 0.1) is 5.41 Å². The number of benzene rings is 2. The monoisotopic (exact) mass is 492 g/mol. The van der Waals surface area contributed by atoms with Crippen LogP contribution in [0.1, 0.15) is 20.8 Å². The minimum absolute atomic E-state index is 0.0700. The van der Waals surface area contributed by atoms with E-state index in [4.69, 9.17) is 11.6 Å². The molecule has 0 unspecified atom stereocenters. The van der Waals surface area contributed by atoms with Crippen molar-refractivity contribution in [2.45, 2.75) is 25.7 Å². The summed E-state index contributed by atoms with van der Waals surface area (Å²) in [5, 5.41) is 6.42. The van der Waals surface area contributed by atoms with Gasteiger partial charge in [0.05, 0.1) is 11.4 Å². The van der Waals surface area contributed by atoms with E-state index < -0.39 is 15.4 Å². The molecule has 178 valence electrons. The van der Waals surface area contributed by atoms with Crippen LogP contribution in [0.5, 0.6) is 0 Å². The van der Waals surface area contributed by atoms with Crippen molar-refractivity contribution in [2.24, 2.45) is 5.41 Å². The number of piperazine rings is 1. The highest BCUT2D eigenvalue weighted by Gasteiger charge is 2.30. The predicted octanol–water partition coefficient (Wildman–Crippen LogP) is 3.27. The molecule has 1 aliphatic rings. The molecule has 0 bridgehead atoms.